The van der Waals surface area contributed by atoms with E-state index < -0.39 is 0 Å². The zero-order valence-corrected chi connectivity index (χ0v) is 50.0. The molecule has 2 atom stereocenters. The summed E-state index contributed by atoms with van der Waals surface area (Å²) in [6.45, 7) is 34.0. The molecule has 79 heavy (non-hydrogen) atoms. The fourth-order valence-electron chi connectivity index (χ4n) is 15.9. The van der Waals surface area contributed by atoms with Gasteiger partial charge in [-0.1, -0.05) is 145 Å². The van der Waals surface area contributed by atoms with Gasteiger partial charge in [-0.05, 0) is 172 Å². The first-order valence-corrected chi connectivity index (χ1v) is 30.4. The molecule has 0 saturated heterocycles. The minimum absolute atomic E-state index is 0.00242. The number of rotatable bonds is 3. The Bertz CT molecular complexity index is 4090. The number of anilines is 8. The predicted molar refractivity (Wildman–Crippen MR) is 337 cm³/mol. The van der Waals surface area contributed by atoms with Gasteiger partial charge in [0.15, 0.2) is 0 Å². The molecule has 4 aliphatic heterocycles. The van der Waals surface area contributed by atoms with Crippen LogP contribution in [0.15, 0.2) is 126 Å². The van der Waals surface area contributed by atoms with Crippen LogP contribution >= 0.6 is 11.3 Å². The highest BCUT2D eigenvalue weighted by Crippen LogP contribution is 2.62. The standard InChI is InChI=1S/C72H76BN3O2S/c1-66(2,3)42-21-25-44(26-22-42)74-55-30-29-47-48-37-51-52(69(9,10)34-33-68(51,7)8)39-58(48)78-64(47)62(55)73-61-56(74)35-46(76-54-20-16-15-19-50(54)71(13)31-17-18-32-72(71,76)14)36-57(61)75(45-27-23-43(24-28-45)67(4,5)6)63-49-38-59-53(70(11,12)41-77-59)40-60(49)79-65(63)73/h15-16,19-30,35-40H,17-18,31-34,41H2,1-14H3. The molecular weight excluding hydrogens is 982 g/mol. The van der Waals surface area contributed by atoms with E-state index in [0.29, 0.717) is 6.61 Å². The van der Waals surface area contributed by atoms with E-state index in [2.05, 4.69) is 233 Å². The summed E-state index contributed by atoms with van der Waals surface area (Å²) in [5.74, 6) is 1.00. The third kappa shape index (κ3) is 6.75. The van der Waals surface area contributed by atoms with Crippen LogP contribution in [0.4, 0.5) is 45.5 Å². The fraction of sp³-hybridized carbons (Fsp3) is 0.389. The molecule has 0 N–H and O–H groups in total. The summed E-state index contributed by atoms with van der Waals surface area (Å²) in [7, 11) is 0. The Morgan fingerprint density at radius 2 is 1.13 bits per heavy atom. The van der Waals surface area contributed by atoms with E-state index in [1.165, 1.54) is 123 Å². The second kappa shape index (κ2) is 15.9. The lowest BCUT2D eigenvalue weighted by Gasteiger charge is -2.51. The summed E-state index contributed by atoms with van der Waals surface area (Å²) in [5.41, 5.74) is 22.4. The summed E-state index contributed by atoms with van der Waals surface area (Å²) < 4.78 is 17.0. The maximum atomic E-state index is 7.64. The number of thiophene rings is 1. The molecule has 400 valence electrons. The minimum Gasteiger partial charge on any atom is -0.492 e. The van der Waals surface area contributed by atoms with E-state index in [-0.39, 0.29) is 44.7 Å². The number of hydrogen-bond acceptors (Lipinski definition) is 6. The third-order valence-electron chi connectivity index (χ3n) is 20.9. The molecule has 0 bridgehead atoms. The van der Waals surface area contributed by atoms with Crippen LogP contribution in [0, 0.1) is 0 Å². The number of para-hydroxylation sites is 1. The molecule has 9 aromatic rings. The van der Waals surface area contributed by atoms with Gasteiger partial charge in [-0.2, -0.15) is 0 Å². The molecule has 0 amide bonds. The van der Waals surface area contributed by atoms with Crippen molar-refractivity contribution in [3.8, 4) is 5.75 Å². The van der Waals surface area contributed by atoms with Gasteiger partial charge in [0.1, 0.15) is 16.9 Å². The number of ether oxygens (including phenoxy) is 1. The Morgan fingerprint density at radius 3 is 1.80 bits per heavy atom. The van der Waals surface area contributed by atoms with Crippen molar-refractivity contribution in [2.24, 2.45) is 0 Å². The second-order valence-electron chi connectivity index (χ2n) is 29.2. The molecule has 0 radical (unpaired) electrons. The van der Waals surface area contributed by atoms with Crippen molar-refractivity contribution in [3.05, 3.63) is 155 Å². The number of nitrogens with zero attached hydrogens (tertiary/aromatic N) is 3. The molecule has 15 rings (SSSR count). The summed E-state index contributed by atoms with van der Waals surface area (Å²) in [6, 6.07) is 48.3. The molecular formula is C72H76BN3O2S. The van der Waals surface area contributed by atoms with Gasteiger partial charge in [0, 0.05) is 81.8 Å². The van der Waals surface area contributed by atoms with Crippen LogP contribution in [0.2, 0.25) is 0 Å². The zero-order chi connectivity index (χ0) is 54.9. The Balaban J connectivity index is 1.10. The molecule has 2 unspecified atom stereocenters. The van der Waals surface area contributed by atoms with E-state index in [9.17, 15) is 0 Å². The van der Waals surface area contributed by atoms with Gasteiger partial charge in [0.25, 0.3) is 6.71 Å². The van der Waals surface area contributed by atoms with E-state index >= 15 is 0 Å². The zero-order valence-electron chi connectivity index (χ0n) is 49.1. The van der Waals surface area contributed by atoms with Gasteiger partial charge < -0.3 is 23.9 Å². The van der Waals surface area contributed by atoms with Crippen LogP contribution in [-0.2, 0) is 32.5 Å². The smallest absolute Gasteiger partial charge is 0.269 e. The molecule has 5 nitrogen and oxygen atoms in total. The predicted octanol–water partition coefficient (Wildman–Crippen LogP) is 18.2. The van der Waals surface area contributed by atoms with Gasteiger partial charge in [0.2, 0.25) is 0 Å². The lowest BCUT2D eigenvalue weighted by Crippen LogP contribution is -2.61. The average Bonchev–Trinajstić information content (AvgIpc) is 4.24. The topological polar surface area (TPSA) is 32.1 Å². The highest BCUT2D eigenvalue weighted by Gasteiger charge is 2.58. The normalized spacial score (nSPS) is 22.1. The molecule has 6 heterocycles. The van der Waals surface area contributed by atoms with Crippen molar-refractivity contribution < 1.29 is 9.15 Å². The Hall–Kier alpha value is -6.44. The van der Waals surface area contributed by atoms with Crippen LogP contribution in [0.1, 0.15) is 169 Å². The quantitative estimate of drug-likeness (QED) is 0.165. The first-order valence-electron chi connectivity index (χ1n) is 29.6. The molecule has 1 saturated carbocycles. The van der Waals surface area contributed by atoms with Crippen LogP contribution < -0.4 is 35.1 Å². The van der Waals surface area contributed by atoms with Crippen molar-refractivity contribution in [2.75, 3.05) is 21.3 Å². The molecule has 6 aliphatic rings. The number of benzene rings is 7. The third-order valence-corrected chi connectivity index (χ3v) is 22.1. The van der Waals surface area contributed by atoms with E-state index in [1.54, 1.807) is 0 Å². The van der Waals surface area contributed by atoms with Crippen LogP contribution in [0.25, 0.3) is 32.0 Å². The maximum Gasteiger partial charge on any atom is 0.269 e. The van der Waals surface area contributed by atoms with Gasteiger partial charge in [0.05, 0.1) is 17.8 Å². The van der Waals surface area contributed by atoms with Gasteiger partial charge in [-0.3, -0.25) is 0 Å². The SMILES string of the molecule is CC(C)(C)c1ccc(N2c3cc(N4c5ccccc5C5(C)CCCCC45C)cc4c3B(c3sc5cc6c(cc5c3N4c3ccc(C(C)(C)C)cc3)OCC6(C)C)c3c2ccc2c3oc3cc4c(cc32)C(C)(C)CCC4(C)C)cc1. The van der Waals surface area contributed by atoms with E-state index in [1.807, 2.05) is 11.3 Å². The molecule has 7 aromatic carbocycles. The largest absolute Gasteiger partial charge is 0.492 e. The Morgan fingerprint density at radius 1 is 0.506 bits per heavy atom. The van der Waals surface area contributed by atoms with Crippen molar-refractivity contribution in [1.82, 2.24) is 0 Å². The Kier molecular flexibility index (Phi) is 10.0. The van der Waals surface area contributed by atoms with Gasteiger partial charge in [-0.15, -0.1) is 11.3 Å². The summed E-state index contributed by atoms with van der Waals surface area (Å²) in [6.07, 6.45) is 7.05. The molecule has 1 fully saturated rings. The van der Waals surface area contributed by atoms with Crippen molar-refractivity contribution in [1.29, 1.82) is 0 Å². The Labute approximate surface area is 473 Å². The summed E-state index contributed by atoms with van der Waals surface area (Å²) >= 11 is 1.98. The van der Waals surface area contributed by atoms with Crippen LogP contribution in [0.5, 0.6) is 5.75 Å². The minimum atomic E-state index is -0.150. The summed E-state index contributed by atoms with van der Waals surface area (Å²) in [5, 5.41) is 3.64. The van der Waals surface area contributed by atoms with Crippen LogP contribution in [-0.4, -0.2) is 18.9 Å². The lowest BCUT2D eigenvalue weighted by atomic mass is 9.36. The van der Waals surface area contributed by atoms with Crippen molar-refractivity contribution in [2.45, 2.75) is 173 Å². The number of fused-ring (bicyclic) bond motifs is 15. The van der Waals surface area contributed by atoms with Crippen molar-refractivity contribution in [3.63, 3.8) is 0 Å². The first-order chi connectivity index (χ1) is 37.4. The molecule has 2 aromatic heterocycles. The lowest BCUT2D eigenvalue weighted by molar-refractivity contribution is 0.195. The monoisotopic (exact) mass is 1060 g/mol. The van der Waals surface area contributed by atoms with Crippen LogP contribution in [0.3, 0.4) is 0 Å². The highest BCUT2D eigenvalue weighted by atomic mass is 32.1. The first kappa shape index (κ1) is 49.6. The van der Waals surface area contributed by atoms with E-state index in [4.69, 9.17) is 9.15 Å². The number of furan rings is 1. The second-order valence-corrected chi connectivity index (χ2v) is 30.3. The maximum absolute atomic E-state index is 7.64. The fourth-order valence-corrected chi connectivity index (χ4v) is 17.2. The summed E-state index contributed by atoms with van der Waals surface area (Å²) in [4.78, 5) is 8.08. The molecule has 0 spiro atoms. The van der Waals surface area contributed by atoms with Crippen molar-refractivity contribution >= 4 is 111 Å². The molecule has 2 aliphatic carbocycles. The van der Waals surface area contributed by atoms with E-state index in [0.717, 1.165) is 47.6 Å². The van der Waals surface area contributed by atoms with Gasteiger partial charge in [-0.25, -0.2) is 0 Å². The highest BCUT2D eigenvalue weighted by molar-refractivity contribution is 7.34. The molecule has 7 heteroatoms. The number of hydrogen-bond donors (Lipinski definition) is 0. The van der Waals surface area contributed by atoms with Gasteiger partial charge >= 0.3 is 0 Å². The average molecular weight is 1060 g/mol.